The van der Waals surface area contributed by atoms with Crippen molar-refractivity contribution in [2.75, 3.05) is 26.3 Å². The molecule has 3 aliphatic rings. The molecule has 3 aliphatic heterocycles. The first-order valence-corrected chi connectivity index (χ1v) is 11.2. The van der Waals surface area contributed by atoms with Gasteiger partial charge in [-0.25, -0.2) is 0 Å². The number of piperidine rings is 1. The van der Waals surface area contributed by atoms with E-state index < -0.39 is 11.9 Å². The van der Waals surface area contributed by atoms with E-state index >= 15 is 0 Å². The lowest BCUT2D eigenvalue weighted by Gasteiger charge is -2.29. The summed E-state index contributed by atoms with van der Waals surface area (Å²) in [5, 5.41) is 11.1. The molecule has 0 spiro atoms. The lowest BCUT2D eigenvalue weighted by atomic mass is 10.0. The van der Waals surface area contributed by atoms with Crippen LogP contribution in [0.3, 0.4) is 0 Å². The maximum absolute atomic E-state index is 12.9. The summed E-state index contributed by atoms with van der Waals surface area (Å²) < 4.78 is 5.39. The van der Waals surface area contributed by atoms with Crippen molar-refractivity contribution in [2.24, 2.45) is 10.2 Å². The minimum atomic E-state index is -0.647. The van der Waals surface area contributed by atoms with Crippen LogP contribution in [0, 0.1) is 0 Å². The van der Waals surface area contributed by atoms with Crippen molar-refractivity contribution in [2.45, 2.75) is 32.0 Å². The molecule has 5 rings (SSSR count). The molecule has 0 aliphatic carbocycles. The molecule has 2 fully saturated rings. The molecule has 0 bridgehead atoms. The minimum Gasteiger partial charge on any atom is -0.379 e. The van der Waals surface area contributed by atoms with Gasteiger partial charge >= 0.3 is 0 Å². The van der Waals surface area contributed by atoms with Gasteiger partial charge in [0.25, 0.3) is 5.91 Å². The lowest BCUT2D eigenvalue weighted by molar-refractivity contribution is -0.136. The average Bonchev–Trinajstić information content (AvgIpc) is 3.16. The predicted octanol–water partition coefficient (Wildman–Crippen LogP) is 2.70. The van der Waals surface area contributed by atoms with E-state index in [1.165, 1.54) is 10.5 Å². The Balaban J connectivity index is 1.29. The van der Waals surface area contributed by atoms with Crippen LogP contribution in [0.2, 0.25) is 0 Å². The summed E-state index contributed by atoms with van der Waals surface area (Å²) in [4.78, 5) is 40.5. The highest BCUT2D eigenvalue weighted by molar-refractivity contribution is 6.06. The fourth-order valence-electron chi connectivity index (χ4n) is 4.46. The van der Waals surface area contributed by atoms with Gasteiger partial charge in [-0.15, -0.1) is 0 Å². The lowest BCUT2D eigenvalue weighted by Crippen LogP contribution is -2.52. The Morgan fingerprint density at radius 2 is 1.79 bits per heavy atom. The third-order valence-corrected chi connectivity index (χ3v) is 6.28. The van der Waals surface area contributed by atoms with Crippen LogP contribution in [0.15, 0.2) is 52.7 Å². The summed E-state index contributed by atoms with van der Waals surface area (Å²) in [6.07, 6.45) is 0.558. The molecule has 2 aromatic carbocycles. The zero-order chi connectivity index (χ0) is 22.8. The predicted molar refractivity (Wildman–Crippen MR) is 119 cm³/mol. The number of imide groups is 1. The summed E-state index contributed by atoms with van der Waals surface area (Å²) >= 11 is 0. The largest absolute Gasteiger partial charge is 0.379 e. The molecule has 1 atom stereocenters. The molecule has 1 N–H and O–H groups in total. The Morgan fingerprint density at radius 3 is 2.55 bits per heavy atom. The highest BCUT2D eigenvalue weighted by Crippen LogP contribution is 2.34. The van der Waals surface area contributed by atoms with Crippen LogP contribution >= 0.6 is 0 Å². The van der Waals surface area contributed by atoms with Crippen LogP contribution in [0.5, 0.6) is 0 Å². The van der Waals surface area contributed by atoms with Crippen LogP contribution in [-0.4, -0.2) is 59.9 Å². The number of nitrogens with one attached hydrogen (secondary N) is 1. The standard InChI is InChI=1S/C24H25N5O4/c30-22-9-8-21(23(31)25-22)29-15-19-18(24(29)32)2-1-3-20(19)27-26-17-6-4-16(5-7-17)14-28-10-12-33-13-11-28/h1-7,21H,8-15H2,(H,25,30,31). The van der Waals surface area contributed by atoms with Gasteiger partial charge in [-0.3, -0.25) is 24.6 Å². The van der Waals surface area contributed by atoms with E-state index in [2.05, 4.69) is 20.4 Å². The van der Waals surface area contributed by atoms with Crippen molar-refractivity contribution in [3.8, 4) is 0 Å². The van der Waals surface area contributed by atoms with Crippen molar-refractivity contribution in [3.63, 3.8) is 0 Å². The Kier molecular flexibility index (Phi) is 5.97. The van der Waals surface area contributed by atoms with Gasteiger partial charge in [0.05, 0.1) is 24.6 Å². The highest BCUT2D eigenvalue weighted by Gasteiger charge is 2.39. The van der Waals surface area contributed by atoms with Gasteiger partial charge < -0.3 is 9.64 Å². The van der Waals surface area contributed by atoms with Gasteiger partial charge in [-0.05, 0) is 36.2 Å². The maximum Gasteiger partial charge on any atom is 0.255 e. The number of carbonyl (C=O) groups excluding carboxylic acids is 3. The second-order valence-electron chi connectivity index (χ2n) is 8.46. The maximum atomic E-state index is 12.9. The normalized spacial score (nSPS) is 21.5. The third kappa shape index (κ3) is 4.55. The Morgan fingerprint density at radius 1 is 1.00 bits per heavy atom. The highest BCUT2D eigenvalue weighted by atomic mass is 16.5. The quantitative estimate of drug-likeness (QED) is 0.561. The molecular weight excluding hydrogens is 422 g/mol. The smallest absolute Gasteiger partial charge is 0.255 e. The van der Waals surface area contributed by atoms with Crippen LogP contribution < -0.4 is 5.32 Å². The molecular formula is C24H25N5O4. The number of rotatable bonds is 5. The summed E-state index contributed by atoms with van der Waals surface area (Å²) in [6.45, 7) is 4.58. The monoisotopic (exact) mass is 447 g/mol. The number of morpholine rings is 1. The number of nitrogens with zero attached hydrogens (tertiary/aromatic N) is 4. The van der Waals surface area contributed by atoms with Crippen molar-refractivity contribution >= 4 is 29.1 Å². The first-order chi connectivity index (χ1) is 16.1. The van der Waals surface area contributed by atoms with E-state index in [1.54, 1.807) is 12.1 Å². The van der Waals surface area contributed by atoms with E-state index in [1.807, 2.05) is 30.3 Å². The molecule has 3 amide bonds. The Bertz CT molecular complexity index is 1110. The van der Waals surface area contributed by atoms with Gasteiger partial charge in [-0.2, -0.15) is 10.2 Å². The molecule has 0 aromatic heterocycles. The number of azo groups is 1. The number of hydrogen-bond donors (Lipinski definition) is 1. The molecule has 0 radical (unpaired) electrons. The number of fused-ring (bicyclic) bond motifs is 1. The van der Waals surface area contributed by atoms with E-state index in [0.717, 1.165) is 44.1 Å². The van der Waals surface area contributed by atoms with Gasteiger partial charge in [-0.1, -0.05) is 18.2 Å². The van der Waals surface area contributed by atoms with E-state index in [9.17, 15) is 14.4 Å². The van der Waals surface area contributed by atoms with E-state index in [0.29, 0.717) is 17.7 Å². The molecule has 3 heterocycles. The number of hydrogen-bond acceptors (Lipinski definition) is 7. The molecule has 2 saturated heterocycles. The summed E-state index contributed by atoms with van der Waals surface area (Å²) in [5.41, 5.74) is 3.82. The van der Waals surface area contributed by atoms with Crippen LogP contribution in [0.4, 0.5) is 11.4 Å². The number of ether oxygens (including phenoxy) is 1. The summed E-state index contributed by atoms with van der Waals surface area (Å²) in [5.74, 6) is -0.942. The SMILES string of the molecule is O=C1CCC(N2Cc3c(N=Nc4ccc(CN5CCOCC5)cc4)cccc3C2=O)C(=O)N1. The third-order valence-electron chi connectivity index (χ3n) is 6.28. The Labute approximate surface area is 191 Å². The molecule has 1 unspecified atom stereocenters. The average molecular weight is 447 g/mol. The second-order valence-corrected chi connectivity index (χ2v) is 8.46. The fraction of sp³-hybridized carbons (Fsp3) is 0.375. The number of carbonyl (C=O) groups is 3. The van der Waals surface area contributed by atoms with Crippen molar-refractivity contribution in [1.29, 1.82) is 0 Å². The Hall–Kier alpha value is -3.43. The second kappa shape index (κ2) is 9.21. The van der Waals surface area contributed by atoms with Crippen LogP contribution in [0.1, 0.15) is 34.3 Å². The topological polar surface area (TPSA) is 104 Å². The fourth-order valence-corrected chi connectivity index (χ4v) is 4.46. The molecule has 170 valence electrons. The van der Waals surface area contributed by atoms with Crippen molar-refractivity contribution < 1.29 is 19.1 Å². The first-order valence-electron chi connectivity index (χ1n) is 11.2. The number of amides is 3. The first kappa shape index (κ1) is 21.4. The minimum absolute atomic E-state index is 0.219. The van der Waals surface area contributed by atoms with Gasteiger partial charge in [0.1, 0.15) is 6.04 Å². The van der Waals surface area contributed by atoms with Gasteiger partial charge in [0.2, 0.25) is 11.8 Å². The zero-order valence-electron chi connectivity index (χ0n) is 18.2. The van der Waals surface area contributed by atoms with E-state index in [-0.39, 0.29) is 24.8 Å². The van der Waals surface area contributed by atoms with Crippen LogP contribution in [0.25, 0.3) is 0 Å². The van der Waals surface area contributed by atoms with Gasteiger partial charge in [0, 0.05) is 43.7 Å². The molecule has 33 heavy (non-hydrogen) atoms. The summed E-state index contributed by atoms with van der Waals surface area (Å²) in [7, 11) is 0. The zero-order valence-corrected chi connectivity index (χ0v) is 18.2. The summed E-state index contributed by atoms with van der Waals surface area (Å²) in [6, 6.07) is 12.6. The molecule has 2 aromatic rings. The van der Waals surface area contributed by atoms with Crippen molar-refractivity contribution in [1.82, 2.24) is 15.1 Å². The molecule has 0 saturated carbocycles. The number of benzene rings is 2. The molecule has 9 nitrogen and oxygen atoms in total. The van der Waals surface area contributed by atoms with Gasteiger partial charge in [0.15, 0.2) is 0 Å². The van der Waals surface area contributed by atoms with Crippen LogP contribution in [-0.2, 0) is 27.4 Å². The van der Waals surface area contributed by atoms with Crippen molar-refractivity contribution in [3.05, 3.63) is 59.2 Å². The molecule has 9 heteroatoms. The van der Waals surface area contributed by atoms with E-state index in [4.69, 9.17) is 4.74 Å².